The molecule has 0 aromatic heterocycles. The van der Waals surface area contributed by atoms with Crippen molar-refractivity contribution < 1.29 is 23.8 Å². The largest absolute Gasteiger partial charge is 0.490 e. The van der Waals surface area contributed by atoms with E-state index >= 15 is 0 Å². The molecular formula is C19H27NO5. The molecular weight excluding hydrogens is 322 g/mol. The van der Waals surface area contributed by atoms with Crippen LogP contribution in [0.4, 0.5) is 5.69 Å². The summed E-state index contributed by atoms with van der Waals surface area (Å²) in [4.78, 5) is 24.8. The maximum absolute atomic E-state index is 12.8. The number of hydrogen-bond donors (Lipinski definition) is 1. The minimum absolute atomic E-state index is 0.0807. The predicted octanol–water partition coefficient (Wildman–Crippen LogP) is 3.55. The van der Waals surface area contributed by atoms with Gasteiger partial charge >= 0.3 is 5.97 Å². The quantitative estimate of drug-likeness (QED) is 0.795. The summed E-state index contributed by atoms with van der Waals surface area (Å²) in [6, 6.07) is 4.96. The first-order valence-electron chi connectivity index (χ1n) is 8.67. The molecule has 138 valence electrons. The van der Waals surface area contributed by atoms with Crippen LogP contribution in [0.5, 0.6) is 5.75 Å². The van der Waals surface area contributed by atoms with E-state index in [4.69, 9.17) is 14.2 Å². The fourth-order valence-electron chi connectivity index (χ4n) is 3.13. The summed E-state index contributed by atoms with van der Waals surface area (Å²) in [6.07, 6.45) is 4.38. The van der Waals surface area contributed by atoms with Gasteiger partial charge in [-0.05, 0) is 44.9 Å². The average molecular weight is 349 g/mol. The van der Waals surface area contributed by atoms with Crippen LogP contribution in [0.3, 0.4) is 0 Å². The van der Waals surface area contributed by atoms with E-state index < -0.39 is 11.6 Å². The van der Waals surface area contributed by atoms with Gasteiger partial charge in [-0.25, -0.2) is 4.79 Å². The molecule has 1 aromatic carbocycles. The number of hydrogen-bond acceptors (Lipinski definition) is 5. The Balaban J connectivity index is 2.24. The van der Waals surface area contributed by atoms with Crippen LogP contribution in [0.1, 0.15) is 56.3 Å². The van der Waals surface area contributed by atoms with Gasteiger partial charge in [-0.2, -0.15) is 0 Å². The Morgan fingerprint density at radius 2 is 1.80 bits per heavy atom. The molecule has 1 aliphatic carbocycles. The van der Waals surface area contributed by atoms with Crippen molar-refractivity contribution in [2.24, 2.45) is 0 Å². The van der Waals surface area contributed by atoms with E-state index in [-0.39, 0.29) is 17.6 Å². The van der Waals surface area contributed by atoms with Crippen LogP contribution >= 0.6 is 0 Å². The molecule has 0 aliphatic heterocycles. The third-order valence-corrected chi connectivity index (χ3v) is 4.47. The van der Waals surface area contributed by atoms with Gasteiger partial charge in [0.1, 0.15) is 16.9 Å². The second-order valence-electron chi connectivity index (χ2n) is 6.58. The molecule has 0 radical (unpaired) electrons. The van der Waals surface area contributed by atoms with Gasteiger partial charge in [0.15, 0.2) is 0 Å². The zero-order valence-corrected chi connectivity index (χ0v) is 15.4. The van der Waals surface area contributed by atoms with E-state index in [0.717, 1.165) is 19.3 Å². The summed E-state index contributed by atoms with van der Waals surface area (Å²) in [5.74, 6) is -0.257. The third-order valence-electron chi connectivity index (χ3n) is 4.47. The van der Waals surface area contributed by atoms with Gasteiger partial charge in [0.05, 0.1) is 13.2 Å². The van der Waals surface area contributed by atoms with Crippen LogP contribution in [-0.4, -0.2) is 37.8 Å². The molecule has 1 saturated carbocycles. The van der Waals surface area contributed by atoms with E-state index in [1.54, 1.807) is 25.3 Å². The van der Waals surface area contributed by atoms with Crippen molar-refractivity contribution in [1.29, 1.82) is 0 Å². The van der Waals surface area contributed by atoms with Gasteiger partial charge in [0, 0.05) is 12.8 Å². The molecule has 0 unspecified atom stereocenters. The highest BCUT2D eigenvalue weighted by Crippen LogP contribution is 2.33. The van der Waals surface area contributed by atoms with Crippen LogP contribution in [0.25, 0.3) is 0 Å². The topological polar surface area (TPSA) is 73.9 Å². The zero-order chi connectivity index (χ0) is 18.4. The molecule has 1 aliphatic rings. The molecule has 0 bridgehead atoms. The van der Waals surface area contributed by atoms with Crippen molar-refractivity contribution in [1.82, 2.24) is 0 Å². The number of methoxy groups -OCH3 is 2. The summed E-state index contributed by atoms with van der Waals surface area (Å²) >= 11 is 0. The Bertz CT molecular complexity index is 620. The number of nitrogens with one attached hydrogen (secondary N) is 1. The van der Waals surface area contributed by atoms with E-state index in [0.29, 0.717) is 24.3 Å². The standard InChI is InChI=1S/C19H27NO5/c1-13(2)25-16-9-8-14(12-15(16)17(21)23-3)20-18(22)19(24-4)10-6-5-7-11-19/h8-9,12-13H,5-7,10-11H2,1-4H3,(H,20,22). The van der Waals surface area contributed by atoms with Crippen LogP contribution in [0, 0.1) is 0 Å². The van der Waals surface area contributed by atoms with Crippen LogP contribution in [0.15, 0.2) is 18.2 Å². The van der Waals surface area contributed by atoms with Crippen molar-refractivity contribution in [2.75, 3.05) is 19.5 Å². The van der Waals surface area contributed by atoms with Crippen molar-refractivity contribution >= 4 is 17.6 Å². The molecule has 6 heteroatoms. The number of ether oxygens (including phenoxy) is 3. The highest BCUT2D eigenvalue weighted by molar-refractivity contribution is 5.99. The van der Waals surface area contributed by atoms with Gasteiger partial charge in [-0.3, -0.25) is 4.79 Å². The minimum Gasteiger partial charge on any atom is -0.490 e. The lowest BCUT2D eigenvalue weighted by atomic mass is 9.84. The van der Waals surface area contributed by atoms with Gasteiger partial charge < -0.3 is 19.5 Å². The number of carbonyl (C=O) groups excluding carboxylic acids is 2. The number of amides is 1. The second-order valence-corrected chi connectivity index (χ2v) is 6.58. The molecule has 1 aromatic rings. The molecule has 0 spiro atoms. The smallest absolute Gasteiger partial charge is 0.341 e. The number of anilines is 1. The van der Waals surface area contributed by atoms with E-state index in [1.807, 2.05) is 13.8 Å². The summed E-state index contributed by atoms with van der Waals surface area (Å²) < 4.78 is 16.0. The molecule has 25 heavy (non-hydrogen) atoms. The Kier molecular flexibility index (Phi) is 6.42. The number of esters is 1. The van der Waals surface area contributed by atoms with Crippen LogP contribution in [0.2, 0.25) is 0 Å². The number of carbonyl (C=O) groups is 2. The van der Waals surface area contributed by atoms with Crippen molar-refractivity contribution in [3.8, 4) is 5.75 Å². The lowest BCUT2D eigenvalue weighted by molar-refractivity contribution is -0.141. The fourth-order valence-corrected chi connectivity index (χ4v) is 3.13. The first-order valence-corrected chi connectivity index (χ1v) is 8.67. The van der Waals surface area contributed by atoms with Gasteiger partial charge in [0.25, 0.3) is 5.91 Å². The molecule has 6 nitrogen and oxygen atoms in total. The molecule has 0 heterocycles. The fraction of sp³-hybridized carbons (Fsp3) is 0.579. The Morgan fingerprint density at radius 1 is 1.12 bits per heavy atom. The van der Waals surface area contributed by atoms with Crippen molar-refractivity contribution in [3.05, 3.63) is 23.8 Å². The van der Waals surface area contributed by atoms with Crippen LogP contribution in [-0.2, 0) is 14.3 Å². The monoisotopic (exact) mass is 349 g/mol. The lowest BCUT2D eigenvalue weighted by Crippen LogP contribution is -2.46. The maximum Gasteiger partial charge on any atom is 0.341 e. The molecule has 0 saturated heterocycles. The van der Waals surface area contributed by atoms with Gasteiger partial charge in [0.2, 0.25) is 0 Å². The Labute approximate surface area is 148 Å². The molecule has 1 amide bonds. The second kappa shape index (κ2) is 8.34. The van der Waals surface area contributed by atoms with E-state index in [1.165, 1.54) is 7.11 Å². The maximum atomic E-state index is 12.8. The summed E-state index contributed by atoms with van der Waals surface area (Å²) in [5.41, 5.74) is 0.00386. The van der Waals surface area contributed by atoms with Gasteiger partial charge in [-0.15, -0.1) is 0 Å². The van der Waals surface area contributed by atoms with Crippen molar-refractivity contribution in [3.63, 3.8) is 0 Å². The third kappa shape index (κ3) is 4.51. The zero-order valence-electron chi connectivity index (χ0n) is 15.4. The Hall–Kier alpha value is -2.08. The highest BCUT2D eigenvalue weighted by atomic mass is 16.5. The summed E-state index contributed by atoms with van der Waals surface area (Å²) in [5, 5.41) is 2.88. The molecule has 1 fully saturated rings. The first-order chi connectivity index (χ1) is 11.9. The van der Waals surface area contributed by atoms with Crippen molar-refractivity contribution in [2.45, 2.75) is 57.7 Å². The normalized spacial score (nSPS) is 16.4. The van der Waals surface area contributed by atoms with E-state index in [2.05, 4.69) is 5.32 Å². The Morgan fingerprint density at radius 3 is 2.36 bits per heavy atom. The number of rotatable bonds is 6. The molecule has 2 rings (SSSR count). The van der Waals surface area contributed by atoms with E-state index in [9.17, 15) is 9.59 Å². The first kappa shape index (κ1) is 19.2. The highest BCUT2D eigenvalue weighted by Gasteiger charge is 2.39. The minimum atomic E-state index is -0.795. The average Bonchev–Trinajstić information content (AvgIpc) is 2.62. The van der Waals surface area contributed by atoms with Gasteiger partial charge in [-0.1, -0.05) is 19.3 Å². The predicted molar refractivity (Wildman–Crippen MR) is 95.0 cm³/mol. The van der Waals surface area contributed by atoms with Crippen LogP contribution < -0.4 is 10.1 Å². The molecule has 0 atom stereocenters. The number of benzene rings is 1. The molecule has 1 N–H and O–H groups in total. The lowest BCUT2D eigenvalue weighted by Gasteiger charge is -2.34. The SMILES string of the molecule is COC(=O)c1cc(NC(=O)C2(OC)CCCCC2)ccc1OC(C)C. The summed E-state index contributed by atoms with van der Waals surface area (Å²) in [7, 11) is 2.89. The summed E-state index contributed by atoms with van der Waals surface area (Å²) in [6.45, 7) is 3.75.